The molecule has 0 aliphatic heterocycles. The minimum Gasteiger partial charge on any atom is -0.197 e. The van der Waals surface area contributed by atoms with Crippen molar-refractivity contribution in [1.29, 1.82) is 10.5 Å². The Morgan fingerprint density at radius 3 is 2.06 bits per heavy atom. The maximum absolute atomic E-state index is 8.70. The van der Waals surface area contributed by atoms with Crippen LogP contribution in [0.15, 0.2) is 35.7 Å². The van der Waals surface area contributed by atoms with Gasteiger partial charge in [-0.3, -0.25) is 0 Å². The van der Waals surface area contributed by atoms with E-state index in [1.807, 2.05) is 12.1 Å². The minimum absolute atomic E-state index is 0.00332. The van der Waals surface area contributed by atoms with Crippen LogP contribution in [0.5, 0.6) is 0 Å². The van der Waals surface area contributed by atoms with Gasteiger partial charge in [-0.1, -0.05) is 24.3 Å². The summed E-state index contributed by atoms with van der Waals surface area (Å²) < 4.78 is 0. The van der Waals surface area contributed by atoms with E-state index in [0.717, 1.165) is 0 Å². The highest BCUT2D eigenvalue weighted by Gasteiger charge is 2.20. The maximum atomic E-state index is 8.70. The Hall–Kier alpha value is -2.82. The lowest BCUT2D eigenvalue weighted by atomic mass is 9.90. The van der Waals surface area contributed by atoms with Crippen molar-refractivity contribution in [2.45, 2.75) is 0 Å². The minimum atomic E-state index is -0.724. The average molecular weight is 206 g/mol. The summed E-state index contributed by atoms with van der Waals surface area (Å²) in [5.41, 5.74) is 0.524. The zero-order chi connectivity index (χ0) is 12.0. The summed E-state index contributed by atoms with van der Waals surface area (Å²) in [6, 6.07) is 3.79. The van der Waals surface area contributed by atoms with Crippen molar-refractivity contribution in [3.05, 3.63) is 58.5 Å². The van der Waals surface area contributed by atoms with Gasteiger partial charge in [0, 0.05) is 5.92 Å². The van der Waals surface area contributed by atoms with Crippen molar-refractivity contribution in [2.24, 2.45) is 11.8 Å². The number of nitrogens with zero attached hydrogens (tertiary/aromatic N) is 4. The molecule has 4 nitrogen and oxygen atoms in total. The van der Waals surface area contributed by atoms with Crippen molar-refractivity contribution in [2.75, 3.05) is 0 Å². The average Bonchev–Trinajstić information content (AvgIpc) is 2.34. The molecule has 0 aromatic heterocycles. The van der Waals surface area contributed by atoms with E-state index in [1.54, 1.807) is 24.3 Å². The second kappa shape index (κ2) is 5.16. The first-order valence-electron chi connectivity index (χ1n) is 4.41. The van der Waals surface area contributed by atoms with Gasteiger partial charge in [-0.05, 0) is 0 Å². The topological polar surface area (TPSA) is 56.3 Å². The second-order valence-electron chi connectivity index (χ2n) is 3.03. The van der Waals surface area contributed by atoms with E-state index < -0.39 is 5.92 Å². The van der Waals surface area contributed by atoms with Crippen LogP contribution >= 0.6 is 0 Å². The summed E-state index contributed by atoms with van der Waals surface area (Å²) >= 11 is 0. The quantitative estimate of drug-likeness (QED) is 0.618. The fraction of sp³-hybridized carbons (Fsp3) is 0.167. The molecule has 0 atom stereocenters. The van der Waals surface area contributed by atoms with Gasteiger partial charge < -0.3 is 0 Å². The first kappa shape index (κ1) is 11.3. The molecule has 0 spiro atoms. The fourth-order valence-corrected chi connectivity index (χ4v) is 1.28. The molecular formula is C12H6N4. The SMILES string of the molecule is [C-]#[N+]C([N+]#[C-])=C1C=CC(C(C#N)C#N)C=C1. The molecule has 0 saturated heterocycles. The van der Waals surface area contributed by atoms with Crippen LogP contribution in [0.1, 0.15) is 0 Å². The highest BCUT2D eigenvalue weighted by molar-refractivity contribution is 5.45. The van der Waals surface area contributed by atoms with Gasteiger partial charge in [0.25, 0.3) is 0 Å². The Morgan fingerprint density at radius 2 is 1.69 bits per heavy atom. The van der Waals surface area contributed by atoms with E-state index in [4.69, 9.17) is 23.7 Å². The van der Waals surface area contributed by atoms with Crippen LogP contribution in [-0.4, -0.2) is 0 Å². The Morgan fingerprint density at radius 1 is 1.19 bits per heavy atom. The highest BCUT2D eigenvalue weighted by atomic mass is 14.9. The molecular weight excluding hydrogens is 200 g/mol. The summed E-state index contributed by atoms with van der Waals surface area (Å²) in [7, 11) is 0. The number of hydrogen-bond donors (Lipinski definition) is 0. The van der Waals surface area contributed by atoms with Crippen LogP contribution in [0.2, 0.25) is 0 Å². The third-order valence-electron chi connectivity index (χ3n) is 2.13. The monoisotopic (exact) mass is 206 g/mol. The molecule has 4 heteroatoms. The lowest BCUT2D eigenvalue weighted by molar-refractivity contribution is 0.696. The fourth-order valence-electron chi connectivity index (χ4n) is 1.28. The summed E-state index contributed by atoms with van der Waals surface area (Å²) in [4.78, 5) is 6.17. The molecule has 1 rings (SSSR count). The molecule has 0 bridgehead atoms. The van der Waals surface area contributed by atoms with Crippen molar-refractivity contribution in [3.63, 3.8) is 0 Å². The zero-order valence-electron chi connectivity index (χ0n) is 8.25. The molecule has 16 heavy (non-hydrogen) atoms. The predicted octanol–water partition coefficient (Wildman–Crippen LogP) is 2.44. The summed E-state index contributed by atoms with van der Waals surface area (Å²) in [6.45, 7) is 13.6. The van der Waals surface area contributed by atoms with E-state index in [1.165, 1.54) is 0 Å². The van der Waals surface area contributed by atoms with Gasteiger partial charge in [0.15, 0.2) is 0 Å². The molecule has 0 amide bonds. The van der Waals surface area contributed by atoms with Crippen LogP contribution in [0.25, 0.3) is 9.69 Å². The molecule has 0 fully saturated rings. The van der Waals surface area contributed by atoms with Gasteiger partial charge in [-0.15, -0.1) is 0 Å². The van der Waals surface area contributed by atoms with Crippen LogP contribution < -0.4 is 0 Å². The number of hydrogen-bond acceptors (Lipinski definition) is 2. The standard InChI is InChI=1S/C12H6N4/c1-15-12(16-2)10-5-3-9(4-6-10)11(7-13)8-14/h3-6,9,11H. The molecule has 0 aromatic carbocycles. The van der Waals surface area contributed by atoms with Crippen molar-refractivity contribution in [3.8, 4) is 12.1 Å². The number of nitriles is 2. The van der Waals surface area contributed by atoms with Crippen molar-refractivity contribution in [1.82, 2.24) is 0 Å². The Balaban J connectivity index is 2.97. The molecule has 0 aromatic rings. The Kier molecular flexibility index (Phi) is 3.63. The normalized spacial score (nSPS) is 17.1. The van der Waals surface area contributed by atoms with Gasteiger partial charge in [0.1, 0.15) is 19.1 Å². The van der Waals surface area contributed by atoms with Gasteiger partial charge >= 0.3 is 5.82 Å². The highest BCUT2D eigenvalue weighted by Crippen LogP contribution is 2.23. The largest absolute Gasteiger partial charge is 0.526 e. The van der Waals surface area contributed by atoms with Gasteiger partial charge in [0.05, 0.1) is 17.7 Å². The van der Waals surface area contributed by atoms with Crippen LogP contribution in [0.4, 0.5) is 0 Å². The third kappa shape index (κ3) is 2.16. The van der Waals surface area contributed by atoms with Crippen LogP contribution in [-0.2, 0) is 0 Å². The van der Waals surface area contributed by atoms with E-state index in [-0.39, 0.29) is 11.7 Å². The third-order valence-corrected chi connectivity index (χ3v) is 2.13. The van der Waals surface area contributed by atoms with Crippen LogP contribution in [0.3, 0.4) is 0 Å². The first-order valence-corrected chi connectivity index (χ1v) is 4.41. The van der Waals surface area contributed by atoms with E-state index >= 15 is 0 Å². The zero-order valence-corrected chi connectivity index (χ0v) is 8.25. The lowest BCUT2D eigenvalue weighted by Gasteiger charge is -2.10. The number of rotatable bonds is 1. The molecule has 0 radical (unpaired) electrons. The second-order valence-corrected chi connectivity index (χ2v) is 3.03. The van der Waals surface area contributed by atoms with Crippen molar-refractivity contribution >= 4 is 0 Å². The molecule has 0 unspecified atom stereocenters. The summed E-state index contributed by atoms with van der Waals surface area (Å²) in [6.07, 6.45) is 6.56. The predicted molar refractivity (Wildman–Crippen MR) is 56.7 cm³/mol. The smallest absolute Gasteiger partial charge is 0.197 e. The van der Waals surface area contributed by atoms with Gasteiger partial charge in [-0.2, -0.15) is 20.2 Å². The van der Waals surface area contributed by atoms with Gasteiger partial charge in [-0.25, -0.2) is 0 Å². The molecule has 0 saturated carbocycles. The first-order chi connectivity index (χ1) is 7.76. The Bertz CT molecular complexity index is 492. The number of allylic oxidation sites excluding steroid dienone is 5. The molecule has 0 N–H and O–H groups in total. The van der Waals surface area contributed by atoms with E-state index in [9.17, 15) is 0 Å². The lowest BCUT2D eigenvalue weighted by Crippen LogP contribution is -2.08. The van der Waals surface area contributed by atoms with Crippen molar-refractivity contribution < 1.29 is 0 Å². The molecule has 0 heterocycles. The summed E-state index contributed by atoms with van der Waals surface area (Å²) in [5.74, 6) is -0.994. The van der Waals surface area contributed by atoms with Crippen LogP contribution in [0, 0.1) is 47.6 Å². The molecule has 1 aliphatic rings. The maximum Gasteiger partial charge on any atom is 0.526 e. The molecule has 1 aliphatic carbocycles. The molecule has 74 valence electrons. The summed E-state index contributed by atoms with van der Waals surface area (Å²) in [5, 5.41) is 17.4. The van der Waals surface area contributed by atoms with Gasteiger partial charge in [0.2, 0.25) is 0 Å². The Labute approximate surface area is 93.7 Å². The van der Waals surface area contributed by atoms with E-state index in [2.05, 4.69) is 9.69 Å². The van der Waals surface area contributed by atoms with E-state index in [0.29, 0.717) is 5.57 Å².